The van der Waals surface area contributed by atoms with E-state index in [1.54, 1.807) is 18.2 Å². The number of carbonyl (C=O) groups excluding carboxylic acids is 1. The summed E-state index contributed by atoms with van der Waals surface area (Å²) in [6.45, 7) is 2.74. The van der Waals surface area contributed by atoms with Gasteiger partial charge < -0.3 is 9.47 Å². The Morgan fingerprint density at radius 1 is 0.935 bits per heavy atom. The Morgan fingerprint density at radius 2 is 1.68 bits per heavy atom. The first-order chi connectivity index (χ1) is 15.0. The van der Waals surface area contributed by atoms with Crippen LogP contribution in [0.2, 0.25) is 15.1 Å². The molecule has 0 atom stereocenters. The Hall–Kier alpha value is -2.73. The van der Waals surface area contributed by atoms with Crippen LogP contribution in [0, 0.1) is 0 Å². The summed E-state index contributed by atoms with van der Waals surface area (Å²) in [5, 5.41) is 5.36. The van der Waals surface area contributed by atoms with Gasteiger partial charge in [-0.3, -0.25) is 4.79 Å². The number of hydrogen-bond acceptors (Lipinski definition) is 4. The number of rotatable bonds is 8. The normalized spacial score (nSPS) is 10.8. The molecule has 0 aromatic heterocycles. The van der Waals surface area contributed by atoms with Crippen LogP contribution in [0.1, 0.15) is 28.4 Å². The molecule has 3 aromatic carbocycles. The quantitative estimate of drug-likeness (QED) is 0.302. The molecule has 5 nitrogen and oxygen atoms in total. The first-order valence-electron chi connectivity index (χ1n) is 9.39. The Morgan fingerprint density at radius 3 is 2.39 bits per heavy atom. The molecule has 3 aromatic rings. The molecule has 160 valence electrons. The van der Waals surface area contributed by atoms with Gasteiger partial charge in [-0.1, -0.05) is 46.9 Å². The fraction of sp³-hybridized carbons (Fsp3) is 0.130. The fourth-order valence-electron chi connectivity index (χ4n) is 2.63. The number of nitrogens with one attached hydrogen (secondary N) is 1. The number of amides is 1. The summed E-state index contributed by atoms with van der Waals surface area (Å²) in [4.78, 5) is 12.2. The minimum absolute atomic E-state index is 0.251. The van der Waals surface area contributed by atoms with Crippen molar-refractivity contribution in [3.8, 4) is 11.5 Å². The van der Waals surface area contributed by atoms with Gasteiger partial charge in [0, 0.05) is 10.0 Å². The zero-order chi connectivity index (χ0) is 22.2. The predicted octanol–water partition coefficient (Wildman–Crippen LogP) is 6.39. The van der Waals surface area contributed by atoms with E-state index in [2.05, 4.69) is 10.5 Å². The van der Waals surface area contributed by atoms with E-state index in [0.717, 1.165) is 11.1 Å². The monoisotopic (exact) mass is 476 g/mol. The van der Waals surface area contributed by atoms with Crippen molar-refractivity contribution in [1.29, 1.82) is 0 Å². The van der Waals surface area contributed by atoms with E-state index >= 15 is 0 Å². The molecule has 0 aliphatic heterocycles. The van der Waals surface area contributed by atoms with Gasteiger partial charge in [0.15, 0.2) is 11.5 Å². The van der Waals surface area contributed by atoms with E-state index in [0.29, 0.717) is 34.8 Å². The van der Waals surface area contributed by atoms with Crippen LogP contribution < -0.4 is 14.9 Å². The molecule has 0 aliphatic carbocycles. The van der Waals surface area contributed by atoms with Gasteiger partial charge in [-0.05, 0) is 66.6 Å². The molecule has 0 saturated carbocycles. The highest BCUT2D eigenvalue weighted by atomic mass is 35.5. The number of carbonyl (C=O) groups is 1. The molecule has 0 heterocycles. The fourth-order valence-corrected chi connectivity index (χ4v) is 3.25. The van der Waals surface area contributed by atoms with Gasteiger partial charge in [-0.2, -0.15) is 5.10 Å². The van der Waals surface area contributed by atoms with E-state index in [9.17, 15) is 4.79 Å². The maximum atomic E-state index is 12.2. The third kappa shape index (κ3) is 6.62. The molecule has 0 saturated heterocycles. The number of benzene rings is 3. The molecule has 1 N–H and O–H groups in total. The van der Waals surface area contributed by atoms with E-state index in [-0.39, 0.29) is 10.6 Å². The summed E-state index contributed by atoms with van der Waals surface area (Å²) in [6.07, 6.45) is 1.51. The summed E-state index contributed by atoms with van der Waals surface area (Å²) in [7, 11) is 0. The third-order valence-corrected chi connectivity index (χ3v) is 4.93. The van der Waals surface area contributed by atoms with Crippen molar-refractivity contribution in [2.45, 2.75) is 13.5 Å². The molecule has 0 unspecified atom stereocenters. The lowest BCUT2D eigenvalue weighted by Gasteiger charge is -2.12. The average Bonchev–Trinajstić information content (AvgIpc) is 2.74. The van der Waals surface area contributed by atoms with Gasteiger partial charge in [0.2, 0.25) is 0 Å². The van der Waals surface area contributed by atoms with E-state index in [1.165, 1.54) is 18.3 Å². The lowest BCUT2D eigenvalue weighted by atomic mass is 10.2. The summed E-state index contributed by atoms with van der Waals surface area (Å²) < 4.78 is 11.6. The molecule has 0 fully saturated rings. The molecular formula is C23H19Cl3N2O3. The Labute approximate surface area is 195 Å². The van der Waals surface area contributed by atoms with Crippen LogP contribution >= 0.6 is 34.8 Å². The number of ether oxygens (including phenoxy) is 2. The minimum Gasteiger partial charge on any atom is -0.490 e. The lowest BCUT2D eigenvalue weighted by Crippen LogP contribution is -2.18. The lowest BCUT2D eigenvalue weighted by molar-refractivity contribution is 0.0955. The first-order valence-corrected chi connectivity index (χ1v) is 10.5. The van der Waals surface area contributed by atoms with Crippen molar-refractivity contribution in [3.63, 3.8) is 0 Å². The molecule has 8 heteroatoms. The molecule has 3 rings (SSSR count). The van der Waals surface area contributed by atoms with Crippen LogP contribution in [-0.2, 0) is 6.61 Å². The highest BCUT2D eigenvalue weighted by Crippen LogP contribution is 2.29. The Balaban J connectivity index is 1.66. The van der Waals surface area contributed by atoms with Crippen LogP contribution in [0.3, 0.4) is 0 Å². The summed E-state index contributed by atoms with van der Waals surface area (Å²) in [5.74, 6) is 0.740. The van der Waals surface area contributed by atoms with E-state index in [1.807, 2.05) is 37.3 Å². The number of hydrazone groups is 1. The zero-order valence-electron chi connectivity index (χ0n) is 16.6. The standard InChI is InChI=1S/C23H19Cl3N2O3/c1-2-30-22-11-16(5-10-21(22)31-14-15-3-6-17(24)7-4-15)13-27-28-23(29)19-9-8-18(25)12-20(19)26/h3-13H,2,14H2,1H3,(H,28,29)/b27-13+. The maximum Gasteiger partial charge on any atom is 0.272 e. The topological polar surface area (TPSA) is 59.9 Å². The maximum absolute atomic E-state index is 12.2. The number of nitrogens with zero attached hydrogens (tertiary/aromatic N) is 1. The molecular weight excluding hydrogens is 459 g/mol. The minimum atomic E-state index is -0.439. The molecule has 0 bridgehead atoms. The van der Waals surface area contributed by atoms with Crippen LogP contribution in [0.15, 0.2) is 65.8 Å². The van der Waals surface area contributed by atoms with Gasteiger partial charge in [0.05, 0.1) is 23.4 Å². The van der Waals surface area contributed by atoms with Crippen molar-refractivity contribution >= 4 is 46.9 Å². The summed E-state index contributed by atoms with van der Waals surface area (Å²) in [6, 6.07) is 17.4. The molecule has 31 heavy (non-hydrogen) atoms. The largest absolute Gasteiger partial charge is 0.490 e. The first kappa shape index (κ1) is 22.9. The van der Waals surface area contributed by atoms with Gasteiger partial charge in [-0.25, -0.2) is 5.43 Å². The number of hydrogen-bond donors (Lipinski definition) is 1. The second-order valence-electron chi connectivity index (χ2n) is 6.38. The molecule has 0 spiro atoms. The smallest absolute Gasteiger partial charge is 0.272 e. The van der Waals surface area contributed by atoms with Crippen LogP contribution in [0.25, 0.3) is 0 Å². The third-order valence-electron chi connectivity index (χ3n) is 4.13. The van der Waals surface area contributed by atoms with Crippen LogP contribution in [0.5, 0.6) is 11.5 Å². The van der Waals surface area contributed by atoms with Gasteiger partial charge in [0.1, 0.15) is 6.61 Å². The Bertz CT molecular complexity index is 1090. The predicted molar refractivity (Wildman–Crippen MR) is 125 cm³/mol. The van der Waals surface area contributed by atoms with Crippen molar-refractivity contribution in [2.24, 2.45) is 5.10 Å². The molecule has 1 amide bonds. The highest BCUT2D eigenvalue weighted by molar-refractivity contribution is 6.36. The van der Waals surface area contributed by atoms with E-state index < -0.39 is 5.91 Å². The van der Waals surface area contributed by atoms with Gasteiger partial charge >= 0.3 is 0 Å². The van der Waals surface area contributed by atoms with Crippen molar-refractivity contribution < 1.29 is 14.3 Å². The SMILES string of the molecule is CCOc1cc(/C=N/NC(=O)c2ccc(Cl)cc2Cl)ccc1OCc1ccc(Cl)cc1. The summed E-state index contributed by atoms with van der Waals surface area (Å²) in [5.41, 5.74) is 4.44. The van der Waals surface area contributed by atoms with Gasteiger partial charge in [-0.15, -0.1) is 0 Å². The Kier molecular flexibility index (Phi) is 8.18. The molecule has 0 radical (unpaired) electrons. The van der Waals surface area contributed by atoms with Crippen molar-refractivity contribution in [2.75, 3.05) is 6.61 Å². The van der Waals surface area contributed by atoms with Crippen molar-refractivity contribution in [1.82, 2.24) is 5.43 Å². The van der Waals surface area contributed by atoms with Crippen molar-refractivity contribution in [3.05, 3.63) is 92.4 Å². The highest BCUT2D eigenvalue weighted by Gasteiger charge is 2.10. The van der Waals surface area contributed by atoms with Crippen LogP contribution in [-0.4, -0.2) is 18.7 Å². The number of halogens is 3. The van der Waals surface area contributed by atoms with E-state index in [4.69, 9.17) is 44.3 Å². The average molecular weight is 478 g/mol. The second kappa shape index (κ2) is 11.0. The van der Waals surface area contributed by atoms with Crippen LogP contribution in [0.4, 0.5) is 0 Å². The van der Waals surface area contributed by atoms with Gasteiger partial charge in [0.25, 0.3) is 5.91 Å². The molecule has 0 aliphatic rings. The zero-order valence-corrected chi connectivity index (χ0v) is 18.8. The summed E-state index contributed by atoms with van der Waals surface area (Å²) >= 11 is 17.8. The second-order valence-corrected chi connectivity index (χ2v) is 7.66.